The summed E-state index contributed by atoms with van der Waals surface area (Å²) in [6.07, 6.45) is 5.94. The van der Waals surface area contributed by atoms with Crippen molar-refractivity contribution in [2.75, 3.05) is 10.6 Å². The Morgan fingerprint density at radius 2 is 1.77 bits per heavy atom. The summed E-state index contributed by atoms with van der Waals surface area (Å²) >= 11 is 1.53. The van der Waals surface area contributed by atoms with E-state index in [1.165, 1.54) is 22.4 Å². The summed E-state index contributed by atoms with van der Waals surface area (Å²) in [7, 11) is 0. The first-order chi connectivity index (χ1) is 16.8. The van der Waals surface area contributed by atoms with Crippen LogP contribution in [-0.2, 0) is 12.8 Å². The van der Waals surface area contributed by atoms with Crippen molar-refractivity contribution in [2.24, 2.45) is 11.3 Å². The van der Waals surface area contributed by atoms with E-state index in [0.717, 1.165) is 41.3 Å². The first kappa shape index (κ1) is 23.2. The van der Waals surface area contributed by atoms with E-state index < -0.39 is 0 Å². The molecule has 0 radical (unpaired) electrons. The molecule has 0 saturated carbocycles. The van der Waals surface area contributed by atoms with Crippen molar-refractivity contribution in [1.82, 2.24) is 4.98 Å². The van der Waals surface area contributed by atoms with E-state index in [0.29, 0.717) is 22.0 Å². The molecule has 5 rings (SSSR count). The third-order valence-electron chi connectivity index (χ3n) is 6.91. The van der Waals surface area contributed by atoms with Crippen molar-refractivity contribution >= 4 is 44.6 Å². The fraction of sp³-hybridized carbons (Fsp3) is 0.276. The topological polar surface area (TPSA) is 71.1 Å². The Labute approximate surface area is 209 Å². The Morgan fingerprint density at radius 3 is 2.54 bits per heavy atom. The van der Waals surface area contributed by atoms with Crippen LogP contribution in [0.15, 0.2) is 67.0 Å². The number of hydrogen-bond acceptors (Lipinski definition) is 4. The molecular weight excluding hydrogens is 454 g/mol. The minimum absolute atomic E-state index is 0.186. The molecule has 0 saturated heterocycles. The maximum absolute atomic E-state index is 13.7. The van der Waals surface area contributed by atoms with Gasteiger partial charge >= 0.3 is 0 Å². The summed E-state index contributed by atoms with van der Waals surface area (Å²) < 4.78 is 0. The number of carbonyl (C=O) groups excluding carboxylic acids is 2. The lowest BCUT2D eigenvalue weighted by atomic mass is 9.72. The molecule has 0 unspecified atom stereocenters. The van der Waals surface area contributed by atoms with Gasteiger partial charge in [-0.15, -0.1) is 11.3 Å². The molecule has 0 spiro atoms. The summed E-state index contributed by atoms with van der Waals surface area (Å²) in [6.45, 7) is 6.82. The number of nitrogens with one attached hydrogen (secondary N) is 2. The van der Waals surface area contributed by atoms with Crippen LogP contribution < -0.4 is 10.6 Å². The second-order valence-electron chi connectivity index (χ2n) is 10.2. The van der Waals surface area contributed by atoms with Gasteiger partial charge in [-0.25, -0.2) is 0 Å². The van der Waals surface area contributed by atoms with E-state index in [-0.39, 0.29) is 17.2 Å². The number of hydrogen-bond donors (Lipinski definition) is 2. The molecule has 5 nitrogen and oxygen atoms in total. The summed E-state index contributed by atoms with van der Waals surface area (Å²) in [5.74, 6) is 0.0855. The Morgan fingerprint density at radius 1 is 0.971 bits per heavy atom. The highest BCUT2D eigenvalue weighted by Crippen LogP contribution is 2.44. The van der Waals surface area contributed by atoms with Gasteiger partial charge < -0.3 is 10.6 Å². The largest absolute Gasteiger partial charge is 0.321 e. The zero-order chi connectivity index (χ0) is 24.6. The molecule has 1 aliphatic carbocycles. The molecule has 35 heavy (non-hydrogen) atoms. The highest BCUT2D eigenvalue weighted by Gasteiger charge is 2.34. The summed E-state index contributed by atoms with van der Waals surface area (Å²) in [5.41, 5.74) is 3.07. The fourth-order valence-corrected chi connectivity index (χ4v) is 6.16. The number of rotatable bonds is 4. The van der Waals surface area contributed by atoms with Gasteiger partial charge in [0.15, 0.2) is 0 Å². The molecule has 1 aliphatic rings. The Hall–Kier alpha value is -3.51. The Balaban J connectivity index is 1.52. The van der Waals surface area contributed by atoms with Crippen LogP contribution in [0.2, 0.25) is 0 Å². The average Bonchev–Trinajstić information content (AvgIpc) is 3.21. The SMILES string of the molecule is CC(C)(C)[C@H]1CCc2c(sc(NC(=O)c3cccnc3)c2C(=O)Nc2cccc3ccccc23)C1. The van der Waals surface area contributed by atoms with Gasteiger partial charge in [0.1, 0.15) is 5.00 Å². The third-order valence-corrected chi connectivity index (χ3v) is 8.08. The van der Waals surface area contributed by atoms with E-state index in [1.54, 1.807) is 18.3 Å². The number of nitrogens with zero attached hydrogens (tertiary/aromatic N) is 1. The van der Waals surface area contributed by atoms with Crippen LogP contribution in [0.25, 0.3) is 10.8 Å². The number of benzene rings is 2. The lowest BCUT2D eigenvalue weighted by Gasteiger charge is -2.33. The summed E-state index contributed by atoms with van der Waals surface area (Å²) in [6, 6.07) is 17.3. The number of fused-ring (bicyclic) bond motifs is 2. The zero-order valence-corrected chi connectivity index (χ0v) is 21.0. The number of pyridine rings is 1. The van der Waals surface area contributed by atoms with Crippen molar-refractivity contribution in [2.45, 2.75) is 40.0 Å². The number of aromatic nitrogens is 1. The van der Waals surface area contributed by atoms with E-state index >= 15 is 0 Å². The molecule has 0 bridgehead atoms. The van der Waals surface area contributed by atoms with Crippen LogP contribution in [0.4, 0.5) is 10.7 Å². The highest BCUT2D eigenvalue weighted by atomic mass is 32.1. The standard InChI is InChI=1S/C29H29N3O2S/c1-29(2,3)20-13-14-22-24(16-20)35-28(32-26(33)19-10-7-15-30-17-19)25(22)27(34)31-23-12-6-9-18-8-4-5-11-21(18)23/h4-12,15,17,20H,13-14,16H2,1-3H3,(H,31,34)(H,32,33)/t20-/m0/s1. The van der Waals surface area contributed by atoms with Crippen LogP contribution in [0.5, 0.6) is 0 Å². The van der Waals surface area contributed by atoms with Gasteiger partial charge in [0, 0.05) is 28.3 Å². The van der Waals surface area contributed by atoms with Crippen molar-refractivity contribution < 1.29 is 9.59 Å². The molecule has 0 aliphatic heterocycles. The van der Waals surface area contributed by atoms with E-state index in [2.05, 4.69) is 36.4 Å². The molecule has 1 atom stereocenters. The molecule has 2 heterocycles. The number of anilines is 2. The monoisotopic (exact) mass is 483 g/mol. The fourth-order valence-electron chi connectivity index (χ4n) is 4.84. The molecule has 2 N–H and O–H groups in total. The smallest absolute Gasteiger partial charge is 0.258 e. The summed E-state index contributed by atoms with van der Waals surface area (Å²) in [5, 5.41) is 8.82. The molecule has 2 aromatic carbocycles. The predicted octanol–water partition coefficient (Wildman–Crippen LogP) is 6.95. The van der Waals surface area contributed by atoms with Gasteiger partial charge in [0.05, 0.1) is 11.1 Å². The van der Waals surface area contributed by atoms with E-state index in [4.69, 9.17) is 0 Å². The van der Waals surface area contributed by atoms with Crippen LogP contribution in [-0.4, -0.2) is 16.8 Å². The molecule has 6 heteroatoms. The van der Waals surface area contributed by atoms with Gasteiger partial charge in [0.2, 0.25) is 0 Å². The van der Waals surface area contributed by atoms with Crippen LogP contribution >= 0.6 is 11.3 Å². The lowest BCUT2D eigenvalue weighted by Crippen LogP contribution is -2.27. The molecule has 4 aromatic rings. The maximum Gasteiger partial charge on any atom is 0.258 e. The highest BCUT2D eigenvalue weighted by molar-refractivity contribution is 7.17. The lowest BCUT2D eigenvalue weighted by molar-refractivity contribution is 0.102. The maximum atomic E-state index is 13.7. The molecule has 2 amide bonds. The first-order valence-electron chi connectivity index (χ1n) is 12.0. The van der Waals surface area contributed by atoms with E-state index in [1.807, 2.05) is 42.5 Å². The Kier molecular flexibility index (Phi) is 6.15. The van der Waals surface area contributed by atoms with Gasteiger partial charge in [-0.2, -0.15) is 0 Å². The molecule has 2 aromatic heterocycles. The normalized spacial score (nSPS) is 15.5. The Bertz CT molecular complexity index is 1400. The van der Waals surface area contributed by atoms with E-state index in [9.17, 15) is 9.59 Å². The minimum atomic E-state index is -0.261. The zero-order valence-electron chi connectivity index (χ0n) is 20.2. The molecule has 178 valence electrons. The molecular formula is C29H29N3O2S. The van der Waals surface area contributed by atoms with Crippen molar-refractivity contribution in [3.63, 3.8) is 0 Å². The van der Waals surface area contributed by atoms with Crippen LogP contribution in [0, 0.1) is 11.3 Å². The third kappa shape index (κ3) is 4.71. The van der Waals surface area contributed by atoms with Gasteiger partial charge in [-0.3, -0.25) is 14.6 Å². The van der Waals surface area contributed by atoms with Crippen LogP contribution in [0.1, 0.15) is 58.3 Å². The van der Waals surface area contributed by atoms with Gasteiger partial charge in [0.25, 0.3) is 11.8 Å². The average molecular weight is 484 g/mol. The van der Waals surface area contributed by atoms with Crippen molar-refractivity contribution in [3.05, 3.63) is 88.6 Å². The summed E-state index contributed by atoms with van der Waals surface area (Å²) in [4.78, 5) is 32.0. The minimum Gasteiger partial charge on any atom is -0.321 e. The second kappa shape index (κ2) is 9.27. The number of thiophene rings is 1. The second-order valence-corrected chi connectivity index (χ2v) is 11.3. The first-order valence-corrected chi connectivity index (χ1v) is 12.8. The van der Waals surface area contributed by atoms with Gasteiger partial charge in [-0.1, -0.05) is 57.2 Å². The van der Waals surface area contributed by atoms with Crippen molar-refractivity contribution in [3.8, 4) is 0 Å². The molecule has 0 fully saturated rings. The number of amides is 2. The van der Waals surface area contributed by atoms with Gasteiger partial charge in [-0.05, 0) is 59.7 Å². The predicted molar refractivity (Wildman–Crippen MR) is 143 cm³/mol. The van der Waals surface area contributed by atoms with Crippen LogP contribution in [0.3, 0.4) is 0 Å². The quantitative estimate of drug-likeness (QED) is 0.330. The van der Waals surface area contributed by atoms with Crippen molar-refractivity contribution in [1.29, 1.82) is 0 Å². The number of carbonyl (C=O) groups is 2.